The van der Waals surface area contributed by atoms with Gasteiger partial charge in [-0.2, -0.15) is 0 Å². The largest absolute Gasteiger partial charge is 0.378 e. The lowest BCUT2D eigenvalue weighted by molar-refractivity contribution is -0.638. The number of aryl methyl sites for hydroxylation is 1. The van der Waals surface area contributed by atoms with Crippen molar-refractivity contribution in [2.75, 3.05) is 31.2 Å². The van der Waals surface area contributed by atoms with Crippen LogP contribution in [0.3, 0.4) is 0 Å². The molecule has 24 heavy (non-hydrogen) atoms. The van der Waals surface area contributed by atoms with Gasteiger partial charge in [-0.1, -0.05) is 21.3 Å². The van der Waals surface area contributed by atoms with E-state index in [1.807, 2.05) is 11.6 Å². The second-order valence-corrected chi connectivity index (χ2v) is 6.40. The fourth-order valence-electron chi connectivity index (χ4n) is 2.74. The van der Waals surface area contributed by atoms with Crippen LogP contribution in [-0.2, 0) is 11.8 Å². The highest BCUT2D eigenvalue weighted by molar-refractivity contribution is 7.20. The number of hydrogen-bond acceptors (Lipinski definition) is 8. The highest BCUT2D eigenvalue weighted by Crippen LogP contribution is 2.30. The van der Waals surface area contributed by atoms with Gasteiger partial charge in [0.1, 0.15) is 6.33 Å². The lowest BCUT2D eigenvalue weighted by Gasteiger charge is -2.26. The fraction of sp³-hybridized carbons (Fsp3) is 0.333. The Labute approximate surface area is 141 Å². The molecule has 0 bridgehead atoms. The highest BCUT2D eigenvalue weighted by Gasteiger charge is 2.28. The minimum atomic E-state index is 0.443. The standard InChI is InChI=1S/C15H15N6O2S/c1-20-13(10-6-16-9-17-7-10)19-15(21-2-4-23-5-3-21)12-14(20)18-11(8-22)24-12/h6-9H,2-5H2,1H3/q+1. The van der Waals surface area contributed by atoms with Gasteiger partial charge in [-0.25, -0.2) is 14.5 Å². The van der Waals surface area contributed by atoms with Crippen molar-refractivity contribution < 1.29 is 14.1 Å². The molecular formula is C15H15N6O2S+. The summed E-state index contributed by atoms with van der Waals surface area (Å²) in [6.45, 7) is 2.84. The fourth-order valence-corrected chi connectivity index (χ4v) is 3.67. The first kappa shape index (κ1) is 15.0. The maximum absolute atomic E-state index is 11.2. The van der Waals surface area contributed by atoms with Crippen molar-refractivity contribution in [2.24, 2.45) is 7.05 Å². The Morgan fingerprint density at radius 3 is 2.71 bits per heavy atom. The van der Waals surface area contributed by atoms with Gasteiger partial charge in [0.25, 0.3) is 11.5 Å². The maximum Gasteiger partial charge on any atom is 0.287 e. The first-order valence-corrected chi connectivity index (χ1v) is 8.33. The topological polar surface area (TPSA) is 85.0 Å². The minimum absolute atomic E-state index is 0.443. The minimum Gasteiger partial charge on any atom is -0.378 e. The van der Waals surface area contributed by atoms with Gasteiger partial charge in [-0.05, 0) is 0 Å². The Morgan fingerprint density at radius 2 is 2.00 bits per heavy atom. The summed E-state index contributed by atoms with van der Waals surface area (Å²) in [5.41, 5.74) is 1.54. The molecule has 9 heteroatoms. The summed E-state index contributed by atoms with van der Waals surface area (Å²) in [5, 5.41) is 0.443. The molecule has 4 rings (SSSR count). The number of carbonyl (C=O) groups excluding carboxylic acids is 1. The van der Waals surface area contributed by atoms with Gasteiger partial charge in [0.05, 0.1) is 25.8 Å². The van der Waals surface area contributed by atoms with Crippen LogP contribution < -0.4 is 9.47 Å². The number of ether oxygens (including phenoxy) is 1. The molecule has 1 saturated heterocycles. The third kappa shape index (κ3) is 2.51. The molecule has 1 fully saturated rings. The van der Waals surface area contributed by atoms with Gasteiger partial charge in [0.15, 0.2) is 11.0 Å². The number of nitrogens with zero attached hydrogens (tertiary/aromatic N) is 6. The predicted octanol–water partition coefficient (Wildman–Crippen LogP) is 0.622. The number of fused-ring (bicyclic) bond motifs is 1. The summed E-state index contributed by atoms with van der Waals surface area (Å²) in [4.78, 5) is 30.8. The smallest absolute Gasteiger partial charge is 0.287 e. The number of morpholine rings is 1. The molecule has 0 radical (unpaired) electrons. The normalized spacial score (nSPS) is 15.0. The van der Waals surface area contributed by atoms with Crippen molar-refractivity contribution in [2.45, 2.75) is 0 Å². The zero-order chi connectivity index (χ0) is 16.5. The van der Waals surface area contributed by atoms with E-state index in [1.54, 1.807) is 12.4 Å². The van der Waals surface area contributed by atoms with E-state index < -0.39 is 0 Å². The number of aldehydes is 1. The molecule has 0 spiro atoms. The molecule has 0 N–H and O–H groups in total. The van der Waals surface area contributed by atoms with Crippen molar-refractivity contribution in [3.05, 3.63) is 23.7 Å². The van der Waals surface area contributed by atoms with Crippen LogP contribution in [0.25, 0.3) is 21.7 Å². The van der Waals surface area contributed by atoms with E-state index >= 15 is 0 Å². The van der Waals surface area contributed by atoms with Crippen molar-refractivity contribution in [3.63, 3.8) is 0 Å². The zero-order valence-corrected chi connectivity index (χ0v) is 13.9. The molecule has 3 aromatic rings. The van der Waals surface area contributed by atoms with Crippen LogP contribution >= 0.6 is 11.3 Å². The SMILES string of the molecule is C[n+]1c(-c2cncnc2)nc(N2CCOCC2)c2sc(C=O)nc21. The predicted molar refractivity (Wildman–Crippen MR) is 88.0 cm³/mol. The first-order chi connectivity index (χ1) is 11.8. The monoisotopic (exact) mass is 343 g/mol. The van der Waals surface area contributed by atoms with Gasteiger partial charge >= 0.3 is 0 Å². The van der Waals surface area contributed by atoms with Crippen molar-refractivity contribution in [1.82, 2.24) is 19.9 Å². The van der Waals surface area contributed by atoms with Crippen molar-refractivity contribution >= 4 is 33.8 Å². The summed E-state index contributed by atoms with van der Waals surface area (Å²) < 4.78 is 8.22. The maximum atomic E-state index is 11.2. The highest BCUT2D eigenvalue weighted by atomic mass is 32.1. The Morgan fingerprint density at radius 1 is 1.25 bits per heavy atom. The van der Waals surface area contributed by atoms with Crippen LogP contribution in [-0.4, -0.2) is 52.5 Å². The molecule has 1 aliphatic heterocycles. The number of anilines is 1. The summed E-state index contributed by atoms with van der Waals surface area (Å²) in [6.07, 6.45) is 5.70. The molecule has 3 aromatic heterocycles. The van der Waals surface area contributed by atoms with E-state index in [0.29, 0.717) is 24.0 Å². The summed E-state index contributed by atoms with van der Waals surface area (Å²) >= 11 is 1.36. The van der Waals surface area contributed by atoms with E-state index in [0.717, 1.165) is 41.1 Å². The van der Waals surface area contributed by atoms with Crippen LogP contribution in [0, 0.1) is 0 Å². The van der Waals surface area contributed by atoms with Gasteiger partial charge < -0.3 is 9.64 Å². The van der Waals surface area contributed by atoms with Gasteiger partial charge in [0, 0.05) is 25.5 Å². The molecule has 0 aliphatic carbocycles. The van der Waals surface area contributed by atoms with E-state index in [-0.39, 0.29) is 0 Å². The second-order valence-electron chi connectivity index (χ2n) is 5.37. The molecule has 0 saturated carbocycles. The van der Waals surface area contributed by atoms with E-state index in [1.165, 1.54) is 17.7 Å². The van der Waals surface area contributed by atoms with Crippen LogP contribution in [0.4, 0.5) is 5.82 Å². The molecule has 1 aliphatic rings. The average molecular weight is 343 g/mol. The molecule has 0 aromatic carbocycles. The molecule has 122 valence electrons. The third-order valence-electron chi connectivity index (χ3n) is 3.91. The van der Waals surface area contributed by atoms with Gasteiger partial charge in [-0.3, -0.25) is 4.79 Å². The third-order valence-corrected chi connectivity index (χ3v) is 4.87. The number of carbonyl (C=O) groups is 1. The number of rotatable bonds is 3. The van der Waals surface area contributed by atoms with Crippen molar-refractivity contribution in [1.29, 1.82) is 0 Å². The van der Waals surface area contributed by atoms with Crippen LogP contribution in [0.5, 0.6) is 0 Å². The molecule has 0 unspecified atom stereocenters. The summed E-state index contributed by atoms with van der Waals surface area (Å²) in [7, 11) is 1.88. The summed E-state index contributed by atoms with van der Waals surface area (Å²) in [5.74, 6) is 1.54. The Hall–Kier alpha value is -2.52. The van der Waals surface area contributed by atoms with Gasteiger partial charge in [-0.15, -0.1) is 0 Å². The first-order valence-electron chi connectivity index (χ1n) is 7.52. The Kier molecular flexibility index (Phi) is 3.87. The van der Waals surface area contributed by atoms with E-state index in [9.17, 15) is 4.79 Å². The van der Waals surface area contributed by atoms with Crippen LogP contribution in [0.1, 0.15) is 9.80 Å². The summed E-state index contributed by atoms with van der Waals surface area (Å²) in [6, 6.07) is 0. The zero-order valence-electron chi connectivity index (χ0n) is 13.0. The number of thiazole rings is 1. The van der Waals surface area contributed by atoms with Crippen LogP contribution in [0.2, 0.25) is 0 Å². The molecular weight excluding hydrogens is 328 g/mol. The Balaban J connectivity index is 1.96. The molecule has 4 heterocycles. The molecule has 8 nitrogen and oxygen atoms in total. The number of aromatic nitrogens is 5. The molecule has 0 atom stereocenters. The Bertz CT molecular complexity index is 892. The van der Waals surface area contributed by atoms with Crippen molar-refractivity contribution in [3.8, 4) is 11.4 Å². The average Bonchev–Trinajstić information content (AvgIpc) is 3.09. The molecule has 0 amide bonds. The number of hydrogen-bond donors (Lipinski definition) is 0. The lowest BCUT2D eigenvalue weighted by atomic mass is 10.3. The van der Waals surface area contributed by atoms with Gasteiger partial charge in [0.2, 0.25) is 10.8 Å². The van der Waals surface area contributed by atoms with Crippen LogP contribution in [0.15, 0.2) is 18.7 Å². The quantitative estimate of drug-likeness (QED) is 0.509. The second kappa shape index (κ2) is 6.17. The van der Waals surface area contributed by atoms with E-state index in [4.69, 9.17) is 9.72 Å². The lowest BCUT2D eigenvalue weighted by Crippen LogP contribution is -2.39. The van der Waals surface area contributed by atoms with E-state index in [2.05, 4.69) is 19.9 Å².